The molecule has 0 radical (unpaired) electrons. The summed E-state index contributed by atoms with van der Waals surface area (Å²) in [6.45, 7) is 1.51. The Morgan fingerprint density at radius 3 is 2.76 bits per heavy atom. The number of aryl methyl sites for hydroxylation is 1. The largest absolute Gasteiger partial charge is 0.494 e. The van der Waals surface area contributed by atoms with Gasteiger partial charge in [0.25, 0.3) is 5.56 Å². The first-order valence-corrected chi connectivity index (χ1v) is 11.0. The Labute approximate surface area is 198 Å². The summed E-state index contributed by atoms with van der Waals surface area (Å²) < 4.78 is 8.98. The average Bonchev–Trinajstić information content (AvgIpc) is 3.44. The Morgan fingerprint density at radius 2 is 2.15 bits per heavy atom. The van der Waals surface area contributed by atoms with Gasteiger partial charge in [0.15, 0.2) is 5.69 Å². The molecular formula is C22H19ClN6O3S. The van der Waals surface area contributed by atoms with Gasteiger partial charge in [0.1, 0.15) is 23.5 Å². The molecule has 3 heterocycles. The van der Waals surface area contributed by atoms with Crippen molar-refractivity contribution in [3.8, 4) is 17.5 Å². The first kappa shape index (κ1) is 22.5. The highest BCUT2D eigenvalue weighted by atomic mass is 35.5. The smallest absolute Gasteiger partial charge is 0.291 e. The number of ether oxygens (including phenoxy) is 1. The lowest BCUT2D eigenvalue weighted by molar-refractivity contribution is 0.239. The van der Waals surface area contributed by atoms with Crippen LogP contribution in [0.4, 0.5) is 11.4 Å². The van der Waals surface area contributed by atoms with E-state index in [1.165, 1.54) is 17.4 Å². The van der Waals surface area contributed by atoms with Crippen LogP contribution in [0.5, 0.6) is 5.75 Å². The van der Waals surface area contributed by atoms with E-state index < -0.39 is 11.6 Å². The topological polar surface area (TPSA) is 118 Å². The van der Waals surface area contributed by atoms with E-state index in [0.29, 0.717) is 20.7 Å². The van der Waals surface area contributed by atoms with Crippen LogP contribution < -0.4 is 15.6 Å². The highest BCUT2D eigenvalue weighted by Gasteiger charge is 2.21. The average molecular weight is 483 g/mol. The summed E-state index contributed by atoms with van der Waals surface area (Å²) in [7, 11) is 1.55. The molecular weight excluding hydrogens is 464 g/mol. The number of anilines is 2. The molecule has 168 valence electrons. The molecule has 0 aliphatic heterocycles. The van der Waals surface area contributed by atoms with Crippen molar-refractivity contribution in [2.75, 3.05) is 19.0 Å². The molecule has 0 saturated heterocycles. The Balaban J connectivity index is 1.73. The molecule has 0 fully saturated rings. The fourth-order valence-electron chi connectivity index (χ4n) is 3.34. The summed E-state index contributed by atoms with van der Waals surface area (Å²) in [6, 6.07) is 11.3. The fourth-order valence-corrected chi connectivity index (χ4v) is 4.48. The molecule has 0 bridgehead atoms. The van der Waals surface area contributed by atoms with E-state index in [2.05, 4.69) is 15.4 Å². The summed E-state index contributed by atoms with van der Waals surface area (Å²) in [4.78, 5) is 18.1. The summed E-state index contributed by atoms with van der Waals surface area (Å²) in [5.41, 5.74) is 1.89. The maximum absolute atomic E-state index is 13.2. The maximum atomic E-state index is 13.2. The lowest BCUT2D eigenvalue weighted by atomic mass is 10.2. The molecule has 1 atom stereocenters. The maximum Gasteiger partial charge on any atom is 0.291 e. The molecule has 4 rings (SSSR count). The van der Waals surface area contributed by atoms with Crippen LogP contribution in [0.3, 0.4) is 0 Å². The van der Waals surface area contributed by atoms with Crippen LogP contribution in [-0.4, -0.2) is 38.2 Å². The van der Waals surface area contributed by atoms with Crippen LogP contribution in [0.1, 0.15) is 22.3 Å². The molecule has 11 heteroatoms. The number of aromatic nitrogens is 4. The fraction of sp³-hybridized carbons (Fsp3) is 0.182. The molecule has 0 unspecified atom stereocenters. The number of aliphatic hydroxyl groups is 1. The van der Waals surface area contributed by atoms with Crippen LogP contribution in [0.15, 0.2) is 53.7 Å². The highest BCUT2D eigenvalue weighted by Crippen LogP contribution is 2.30. The predicted octanol–water partition coefficient (Wildman–Crippen LogP) is 3.66. The van der Waals surface area contributed by atoms with Gasteiger partial charge in [-0.2, -0.15) is 10.4 Å². The number of rotatable bonds is 7. The Morgan fingerprint density at radius 1 is 1.33 bits per heavy atom. The van der Waals surface area contributed by atoms with Crippen LogP contribution in [-0.2, 0) is 0 Å². The molecule has 0 spiro atoms. The number of hydrogen-bond acceptors (Lipinski definition) is 8. The van der Waals surface area contributed by atoms with Crippen molar-refractivity contribution in [3.05, 3.63) is 79.9 Å². The van der Waals surface area contributed by atoms with Crippen molar-refractivity contribution in [2.45, 2.75) is 13.0 Å². The third-order valence-corrected chi connectivity index (χ3v) is 6.22. The minimum Gasteiger partial charge on any atom is -0.494 e. The number of halogens is 1. The number of aliphatic hydroxyl groups excluding tert-OH is 1. The minimum absolute atomic E-state index is 0.0238. The number of hydrogen-bond donors (Lipinski definition) is 2. The number of nitrogens with zero attached hydrogens (tertiary/aromatic N) is 5. The SMILES string of the molecule is COc1cc(Nc2cc(C#N)nn([C@@H](CO)c3ccc(Cl)s3)c2=O)ccc1-n1cnc(C)c1. The zero-order valence-electron chi connectivity index (χ0n) is 17.7. The van der Waals surface area contributed by atoms with Crippen LogP contribution in [0.2, 0.25) is 4.34 Å². The zero-order valence-corrected chi connectivity index (χ0v) is 19.3. The normalized spacial score (nSPS) is 11.7. The molecule has 2 N–H and O–H groups in total. The molecule has 0 aliphatic rings. The Bertz CT molecular complexity index is 1400. The molecule has 0 aliphatic carbocycles. The first-order chi connectivity index (χ1) is 15.9. The second-order valence-electron chi connectivity index (χ2n) is 7.08. The molecule has 33 heavy (non-hydrogen) atoms. The lowest BCUT2D eigenvalue weighted by Crippen LogP contribution is -2.31. The number of imidazole rings is 1. The van der Waals surface area contributed by atoms with Gasteiger partial charge in [-0.1, -0.05) is 11.6 Å². The van der Waals surface area contributed by atoms with Gasteiger partial charge in [-0.15, -0.1) is 11.3 Å². The standard InChI is InChI=1S/C22H19ClN6O3S/c1-13-10-28(12-25-13)17-4-3-14(8-19(17)32-2)26-16-7-15(9-24)27-29(22(16)31)18(11-30)20-5-6-21(23)33-20/h3-8,10,12,18,26,30H,11H2,1-2H3/t18-/m0/s1. The number of nitrogens with one attached hydrogen (secondary N) is 1. The first-order valence-electron chi connectivity index (χ1n) is 9.79. The van der Waals surface area contributed by atoms with Gasteiger partial charge >= 0.3 is 0 Å². The van der Waals surface area contributed by atoms with Gasteiger partial charge in [0.05, 0.1) is 35.8 Å². The molecule has 0 amide bonds. The Kier molecular flexibility index (Phi) is 6.46. The van der Waals surface area contributed by atoms with Crippen molar-refractivity contribution in [1.82, 2.24) is 19.3 Å². The van der Waals surface area contributed by atoms with Crippen LogP contribution in [0.25, 0.3) is 5.69 Å². The summed E-state index contributed by atoms with van der Waals surface area (Å²) in [6.07, 6.45) is 3.56. The molecule has 1 aromatic carbocycles. The number of nitriles is 1. The van der Waals surface area contributed by atoms with E-state index >= 15 is 0 Å². The minimum atomic E-state index is -0.773. The van der Waals surface area contributed by atoms with Crippen molar-refractivity contribution in [1.29, 1.82) is 5.26 Å². The molecule has 4 aromatic rings. The van der Waals surface area contributed by atoms with Crippen molar-refractivity contribution in [3.63, 3.8) is 0 Å². The monoisotopic (exact) mass is 482 g/mol. The van der Waals surface area contributed by atoms with Crippen LogP contribution in [0, 0.1) is 18.3 Å². The third-order valence-electron chi connectivity index (χ3n) is 4.89. The number of benzene rings is 1. The van der Waals surface area contributed by atoms with Gasteiger partial charge in [-0.05, 0) is 31.2 Å². The molecule has 9 nitrogen and oxygen atoms in total. The van der Waals surface area contributed by atoms with E-state index in [4.69, 9.17) is 16.3 Å². The zero-order chi connectivity index (χ0) is 23.5. The van der Waals surface area contributed by atoms with E-state index in [0.717, 1.165) is 16.1 Å². The second-order valence-corrected chi connectivity index (χ2v) is 8.83. The van der Waals surface area contributed by atoms with E-state index in [9.17, 15) is 15.2 Å². The van der Waals surface area contributed by atoms with E-state index in [1.807, 2.05) is 29.8 Å². The van der Waals surface area contributed by atoms with Gasteiger partial charge in [0, 0.05) is 28.9 Å². The van der Waals surface area contributed by atoms with Crippen molar-refractivity contribution >= 4 is 34.3 Å². The summed E-state index contributed by atoms with van der Waals surface area (Å²) >= 11 is 7.25. The lowest BCUT2D eigenvalue weighted by Gasteiger charge is -2.17. The van der Waals surface area contributed by atoms with E-state index in [1.54, 1.807) is 37.7 Å². The van der Waals surface area contributed by atoms with Gasteiger partial charge in [0.2, 0.25) is 0 Å². The summed E-state index contributed by atoms with van der Waals surface area (Å²) in [5.74, 6) is 0.564. The third kappa shape index (κ3) is 4.61. The van der Waals surface area contributed by atoms with Crippen LogP contribution >= 0.6 is 22.9 Å². The number of methoxy groups -OCH3 is 1. The number of thiophene rings is 1. The van der Waals surface area contributed by atoms with Gasteiger partial charge < -0.3 is 19.7 Å². The second kappa shape index (κ2) is 9.46. The van der Waals surface area contributed by atoms with E-state index in [-0.39, 0.29) is 18.0 Å². The highest BCUT2D eigenvalue weighted by molar-refractivity contribution is 7.16. The molecule has 3 aromatic heterocycles. The van der Waals surface area contributed by atoms with Gasteiger partial charge in [-0.25, -0.2) is 9.67 Å². The van der Waals surface area contributed by atoms with Gasteiger partial charge in [-0.3, -0.25) is 4.79 Å². The van der Waals surface area contributed by atoms with Crippen molar-refractivity contribution in [2.24, 2.45) is 0 Å². The summed E-state index contributed by atoms with van der Waals surface area (Å²) in [5, 5.41) is 26.6. The quantitative estimate of drug-likeness (QED) is 0.412. The predicted molar refractivity (Wildman–Crippen MR) is 126 cm³/mol. The molecule has 0 saturated carbocycles. The van der Waals surface area contributed by atoms with Crippen molar-refractivity contribution < 1.29 is 9.84 Å². The Hall–Kier alpha value is -3.65.